The van der Waals surface area contributed by atoms with Gasteiger partial charge in [-0.2, -0.15) is 0 Å². The van der Waals surface area contributed by atoms with Crippen LogP contribution < -0.4 is 9.80 Å². The van der Waals surface area contributed by atoms with Gasteiger partial charge in [0, 0.05) is 27.7 Å². The van der Waals surface area contributed by atoms with E-state index in [1.54, 1.807) is 0 Å². The van der Waals surface area contributed by atoms with Gasteiger partial charge in [0.05, 0.1) is 20.4 Å². The Morgan fingerprint density at radius 1 is 0.941 bits per heavy atom. The molecule has 2 nitrogen and oxygen atoms in total. The van der Waals surface area contributed by atoms with Crippen LogP contribution in [0.15, 0.2) is 0 Å². The van der Waals surface area contributed by atoms with E-state index in [0.717, 1.165) is 26.9 Å². The first-order valence-corrected chi connectivity index (χ1v) is 7.04. The second-order valence-electron chi connectivity index (χ2n) is 4.02. The summed E-state index contributed by atoms with van der Waals surface area (Å²) in [5.74, 6) is 0. The molecular weight excluding hydrogens is 248 g/mol. The van der Waals surface area contributed by atoms with Crippen LogP contribution in [0.2, 0.25) is 0 Å². The Labute approximate surface area is 116 Å². The Bertz CT molecular complexity index is 403. The third kappa shape index (κ3) is 3.75. The van der Waals surface area contributed by atoms with Crippen molar-refractivity contribution in [3.05, 3.63) is 9.02 Å². The molecule has 0 amide bonds. The molecule has 0 aliphatic rings. The van der Waals surface area contributed by atoms with Crippen molar-refractivity contribution >= 4 is 35.8 Å². The largest absolute Gasteiger partial charge is 0.375 e. The maximum Gasteiger partial charge on any atom is 0.0834 e. The van der Waals surface area contributed by atoms with Crippen LogP contribution in [0.1, 0.15) is 33.6 Å². The second kappa shape index (κ2) is 7.77. The predicted octanol–water partition coefficient (Wildman–Crippen LogP) is 4.35. The molecule has 0 saturated carbocycles. The van der Waals surface area contributed by atoms with Crippen LogP contribution in [0, 0.1) is 9.02 Å². The molecule has 1 rings (SSSR count). The zero-order chi connectivity index (χ0) is 13.6. The van der Waals surface area contributed by atoms with Crippen LogP contribution in [0.5, 0.6) is 0 Å². The molecule has 0 bridgehead atoms. The van der Waals surface area contributed by atoms with E-state index < -0.39 is 0 Å². The van der Waals surface area contributed by atoms with Crippen molar-refractivity contribution in [2.24, 2.45) is 0 Å². The molecule has 0 aromatic heterocycles. The van der Waals surface area contributed by atoms with Crippen LogP contribution in [-0.4, -0.2) is 27.7 Å². The van der Waals surface area contributed by atoms with Crippen molar-refractivity contribution in [3.8, 4) is 0 Å². The molecule has 0 fully saturated rings. The molecule has 0 unspecified atom stereocenters. The van der Waals surface area contributed by atoms with Gasteiger partial charge >= 0.3 is 0 Å². The Morgan fingerprint density at radius 3 is 1.82 bits per heavy atom. The van der Waals surface area contributed by atoms with Gasteiger partial charge in [0.2, 0.25) is 0 Å². The monoisotopic (exact) mass is 272 g/mol. The van der Waals surface area contributed by atoms with Crippen LogP contribution >= 0.6 is 24.4 Å². The molecule has 4 heteroatoms. The van der Waals surface area contributed by atoms with E-state index in [1.807, 2.05) is 27.9 Å². The Morgan fingerprint density at radius 2 is 1.41 bits per heavy atom. The third-order valence-corrected chi connectivity index (χ3v) is 3.46. The summed E-state index contributed by atoms with van der Waals surface area (Å²) < 4.78 is 1.70. The SMILES string of the molecule is CC.CCCCN(C)c1c(N(C)C)c(=S)c1=S. The summed E-state index contributed by atoms with van der Waals surface area (Å²) in [7, 11) is 6.11. The summed E-state index contributed by atoms with van der Waals surface area (Å²) in [6.07, 6.45) is 2.39. The van der Waals surface area contributed by atoms with Gasteiger partial charge in [-0.1, -0.05) is 51.6 Å². The molecule has 1 aromatic carbocycles. The van der Waals surface area contributed by atoms with Crippen LogP contribution in [-0.2, 0) is 0 Å². The van der Waals surface area contributed by atoms with Gasteiger partial charge in [-0.25, -0.2) is 0 Å². The summed E-state index contributed by atoms with van der Waals surface area (Å²) in [4.78, 5) is 4.27. The summed E-state index contributed by atoms with van der Waals surface area (Å²) in [5.41, 5.74) is 2.27. The number of nitrogens with zero attached hydrogens (tertiary/aromatic N) is 2. The normalized spacial score (nSPS) is 9.76. The maximum absolute atomic E-state index is 5.28. The van der Waals surface area contributed by atoms with Crippen molar-refractivity contribution in [2.75, 3.05) is 37.5 Å². The average molecular weight is 272 g/mol. The average Bonchev–Trinajstić information content (AvgIpc) is 2.33. The third-order valence-electron chi connectivity index (χ3n) is 2.54. The fourth-order valence-corrected chi connectivity index (χ4v) is 2.37. The summed E-state index contributed by atoms with van der Waals surface area (Å²) >= 11 is 10.5. The molecule has 0 N–H and O–H groups in total. The lowest BCUT2D eigenvalue weighted by Gasteiger charge is -2.28. The summed E-state index contributed by atoms with van der Waals surface area (Å²) in [6, 6.07) is 0. The highest BCUT2D eigenvalue weighted by molar-refractivity contribution is 7.74. The minimum absolute atomic E-state index is 0.841. The fraction of sp³-hybridized carbons (Fsp3) is 0.692. The van der Waals surface area contributed by atoms with Crippen molar-refractivity contribution in [2.45, 2.75) is 33.6 Å². The van der Waals surface area contributed by atoms with E-state index in [0.29, 0.717) is 0 Å². The first kappa shape index (κ1) is 16.5. The molecule has 98 valence electrons. The molecule has 0 atom stereocenters. The standard InChI is InChI=1S/C11H18N2S2.C2H6/c1-5-6-7-13(4)9-8(12(2)3)10(14)11(9)15;1-2/h5-7H2,1-4H3;1-2H3. The molecule has 0 spiro atoms. The van der Waals surface area contributed by atoms with Gasteiger partial charge in [0.25, 0.3) is 0 Å². The van der Waals surface area contributed by atoms with E-state index in [1.165, 1.54) is 12.8 Å². The maximum atomic E-state index is 5.28. The molecule has 0 aliphatic heterocycles. The first-order chi connectivity index (χ1) is 8.00. The predicted molar refractivity (Wildman–Crippen MR) is 84.3 cm³/mol. The van der Waals surface area contributed by atoms with E-state index >= 15 is 0 Å². The molecule has 0 radical (unpaired) electrons. The van der Waals surface area contributed by atoms with E-state index in [2.05, 4.69) is 23.8 Å². The van der Waals surface area contributed by atoms with Gasteiger partial charge in [0.1, 0.15) is 0 Å². The lowest BCUT2D eigenvalue weighted by atomic mass is 10.1. The lowest BCUT2D eigenvalue weighted by Crippen LogP contribution is -2.24. The first-order valence-electron chi connectivity index (χ1n) is 6.22. The molecule has 0 saturated heterocycles. The second-order valence-corrected chi connectivity index (χ2v) is 4.84. The van der Waals surface area contributed by atoms with Crippen LogP contribution in [0.3, 0.4) is 0 Å². The fourth-order valence-electron chi connectivity index (χ4n) is 1.64. The van der Waals surface area contributed by atoms with Gasteiger partial charge in [-0.3, -0.25) is 0 Å². The van der Waals surface area contributed by atoms with E-state index in [9.17, 15) is 0 Å². The van der Waals surface area contributed by atoms with Crippen LogP contribution in [0.4, 0.5) is 11.4 Å². The van der Waals surface area contributed by atoms with Gasteiger partial charge in [0.15, 0.2) is 0 Å². The summed E-state index contributed by atoms with van der Waals surface area (Å²) in [6.45, 7) is 7.24. The van der Waals surface area contributed by atoms with Crippen molar-refractivity contribution in [1.29, 1.82) is 0 Å². The molecule has 1 aromatic rings. The minimum atomic E-state index is 0.841. The Kier molecular flexibility index (Phi) is 7.55. The minimum Gasteiger partial charge on any atom is -0.375 e. The number of rotatable bonds is 5. The van der Waals surface area contributed by atoms with Crippen molar-refractivity contribution < 1.29 is 0 Å². The quantitative estimate of drug-likeness (QED) is 0.735. The zero-order valence-corrected chi connectivity index (χ0v) is 13.5. The topological polar surface area (TPSA) is 6.48 Å². The lowest BCUT2D eigenvalue weighted by molar-refractivity contribution is 0.763. The number of hydrogen-bond donors (Lipinski definition) is 0. The highest BCUT2D eigenvalue weighted by atomic mass is 32.1. The summed E-state index contributed by atoms with van der Waals surface area (Å²) in [5, 5.41) is 0. The molecule has 0 heterocycles. The van der Waals surface area contributed by atoms with Gasteiger partial charge < -0.3 is 9.80 Å². The molecule has 17 heavy (non-hydrogen) atoms. The molecular formula is C13H24N2S2. The highest BCUT2D eigenvalue weighted by Crippen LogP contribution is 2.37. The Balaban J connectivity index is 0.00000121. The van der Waals surface area contributed by atoms with Gasteiger partial charge in [-0.05, 0) is 6.42 Å². The molecule has 0 aliphatic carbocycles. The van der Waals surface area contributed by atoms with E-state index in [-0.39, 0.29) is 0 Å². The number of anilines is 2. The Hall–Kier alpha value is -0.480. The smallest absolute Gasteiger partial charge is 0.0834 e. The zero-order valence-electron chi connectivity index (χ0n) is 11.8. The number of unbranched alkanes of at least 4 members (excludes halogenated alkanes) is 1. The van der Waals surface area contributed by atoms with E-state index in [4.69, 9.17) is 24.4 Å². The number of hydrogen-bond acceptors (Lipinski definition) is 4. The van der Waals surface area contributed by atoms with Crippen LogP contribution in [0.25, 0.3) is 0 Å². The van der Waals surface area contributed by atoms with Crippen molar-refractivity contribution in [3.63, 3.8) is 0 Å². The highest BCUT2D eigenvalue weighted by Gasteiger charge is 2.19. The van der Waals surface area contributed by atoms with Crippen molar-refractivity contribution in [1.82, 2.24) is 0 Å². The van der Waals surface area contributed by atoms with Gasteiger partial charge in [-0.15, -0.1) is 0 Å².